The number of aromatic nitrogens is 1. The van der Waals surface area contributed by atoms with E-state index in [0.717, 1.165) is 23.1 Å². The van der Waals surface area contributed by atoms with Gasteiger partial charge in [-0.15, -0.1) is 0 Å². The molecule has 2 heterocycles. The first-order valence-corrected chi connectivity index (χ1v) is 13.2. The van der Waals surface area contributed by atoms with Gasteiger partial charge >= 0.3 is 0 Å². The van der Waals surface area contributed by atoms with Crippen molar-refractivity contribution in [3.8, 4) is 0 Å². The first-order valence-electron chi connectivity index (χ1n) is 13.2. The molecule has 0 amide bonds. The highest BCUT2D eigenvalue weighted by atomic mass is 16.5. The number of hydrogen-bond donors (Lipinski definition) is 0. The largest absolute Gasteiger partial charge is 0.465 e. The van der Waals surface area contributed by atoms with E-state index < -0.39 is 0 Å². The molecule has 0 N–H and O–H groups in total. The van der Waals surface area contributed by atoms with Crippen molar-refractivity contribution < 1.29 is 4.74 Å². The summed E-state index contributed by atoms with van der Waals surface area (Å²) in [5.74, 6) is 2.83. The third-order valence-electron chi connectivity index (χ3n) is 8.20. The van der Waals surface area contributed by atoms with Crippen molar-refractivity contribution in [3.05, 3.63) is 101 Å². The van der Waals surface area contributed by atoms with Crippen LogP contribution in [-0.4, -0.2) is 10.9 Å². The summed E-state index contributed by atoms with van der Waals surface area (Å²) >= 11 is 0. The van der Waals surface area contributed by atoms with E-state index in [1.165, 1.54) is 62.6 Å². The minimum atomic E-state index is -0.135. The second-order valence-electron chi connectivity index (χ2n) is 10.3. The summed E-state index contributed by atoms with van der Waals surface area (Å²) < 4.78 is 6.57. The van der Waals surface area contributed by atoms with Gasteiger partial charge in [0.2, 0.25) is 5.90 Å². The maximum Gasteiger partial charge on any atom is 0.236 e. The number of rotatable bonds is 6. The van der Waals surface area contributed by atoms with Crippen LogP contribution in [0.25, 0.3) is 0 Å². The van der Waals surface area contributed by atoms with Crippen LogP contribution in [-0.2, 0) is 4.74 Å². The highest BCUT2D eigenvalue weighted by molar-refractivity contribution is 5.93. The Kier molecular flexibility index (Phi) is 6.18. The van der Waals surface area contributed by atoms with E-state index in [0.29, 0.717) is 11.8 Å². The number of ether oxygens (including phenoxy) is 1. The third kappa shape index (κ3) is 4.29. The van der Waals surface area contributed by atoms with Crippen LogP contribution in [0.15, 0.2) is 83.9 Å². The molecule has 0 unspecified atom stereocenters. The van der Waals surface area contributed by atoms with Crippen LogP contribution in [0.1, 0.15) is 91.9 Å². The van der Waals surface area contributed by atoms with Crippen LogP contribution in [0, 0.1) is 11.8 Å². The zero-order chi connectivity index (χ0) is 22.7. The van der Waals surface area contributed by atoms with E-state index in [1.807, 2.05) is 0 Å². The van der Waals surface area contributed by atoms with Crippen molar-refractivity contribution in [1.29, 1.82) is 0 Å². The van der Waals surface area contributed by atoms with Crippen LogP contribution in [0.5, 0.6) is 0 Å². The SMILES string of the molecule is c1ccc([C@H]2N=C(c3cccc(C(C4CCCC4)C4CCCC4)n3)O[C@@H]2c2ccccc2)cc1. The average molecular weight is 451 g/mol. The Hall–Kier alpha value is -2.94. The molecule has 174 valence electrons. The van der Waals surface area contributed by atoms with Crippen molar-refractivity contribution in [2.45, 2.75) is 69.4 Å². The zero-order valence-electron chi connectivity index (χ0n) is 19.9. The molecule has 0 spiro atoms. The van der Waals surface area contributed by atoms with Gasteiger partial charge < -0.3 is 4.74 Å². The van der Waals surface area contributed by atoms with Crippen LogP contribution in [0.3, 0.4) is 0 Å². The lowest BCUT2D eigenvalue weighted by molar-refractivity contribution is 0.196. The molecule has 2 aliphatic carbocycles. The van der Waals surface area contributed by atoms with Crippen molar-refractivity contribution >= 4 is 5.90 Å². The molecule has 2 saturated carbocycles. The molecular formula is C31H34N2O. The second kappa shape index (κ2) is 9.74. The topological polar surface area (TPSA) is 34.5 Å². The first-order chi connectivity index (χ1) is 16.9. The number of hydrogen-bond acceptors (Lipinski definition) is 3. The Morgan fingerprint density at radius 1 is 0.647 bits per heavy atom. The summed E-state index contributed by atoms with van der Waals surface area (Å²) in [5, 5.41) is 0. The summed E-state index contributed by atoms with van der Waals surface area (Å²) in [7, 11) is 0. The van der Waals surface area contributed by atoms with Gasteiger partial charge in [-0.05, 0) is 60.8 Å². The predicted octanol–water partition coefficient (Wildman–Crippen LogP) is 7.81. The Balaban J connectivity index is 1.35. The maximum absolute atomic E-state index is 6.57. The van der Waals surface area contributed by atoms with E-state index >= 15 is 0 Å². The summed E-state index contributed by atoms with van der Waals surface area (Å²) in [6.45, 7) is 0. The fraction of sp³-hybridized carbons (Fsp3) is 0.419. The van der Waals surface area contributed by atoms with Gasteiger partial charge in [-0.2, -0.15) is 0 Å². The third-order valence-corrected chi connectivity index (χ3v) is 8.20. The lowest BCUT2D eigenvalue weighted by Gasteiger charge is -2.29. The minimum absolute atomic E-state index is 0.0653. The normalized spacial score (nSPS) is 23.4. The number of benzene rings is 2. The molecule has 1 aromatic heterocycles. The summed E-state index contributed by atoms with van der Waals surface area (Å²) in [4.78, 5) is 10.4. The average Bonchev–Trinajstić information content (AvgIpc) is 3.68. The molecule has 3 heteroatoms. The summed E-state index contributed by atoms with van der Waals surface area (Å²) in [6, 6.07) is 27.4. The molecule has 6 rings (SSSR count). The Bertz CT molecular complexity index is 1100. The molecule has 2 aromatic carbocycles. The standard InChI is InChI=1S/C31H34N2O/c1-3-16-24(17-4-1)29-30(25-18-5-2-6-19-25)34-31(33-29)27-21-11-20-26(32-27)28(22-12-7-8-13-22)23-14-9-10-15-23/h1-6,11,16-23,28-30H,7-10,12-15H2/t29-,30-/m1/s1. The van der Waals surface area contributed by atoms with Crippen LogP contribution in [0.4, 0.5) is 0 Å². The lowest BCUT2D eigenvalue weighted by Crippen LogP contribution is -2.20. The predicted molar refractivity (Wildman–Crippen MR) is 137 cm³/mol. The monoisotopic (exact) mass is 450 g/mol. The fourth-order valence-electron chi connectivity index (χ4n) is 6.59. The Morgan fingerprint density at radius 2 is 1.24 bits per heavy atom. The van der Waals surface area contributed by atoms with Gasteiger partial charge in [0.05, 0.1) is 0 Å². The van der Waals surface area contributed by atoms with Crippen LogP contribution >= 0.6 is 0 Å². The van der Waals surface area contributed by atoms with E-state index in [9.17, 15) is 0 Å². The maximum atomic E-state index is 6.57. The second-order valence-corrected chi connectivity index (χ2v) is 10.3. The molecule has 0 saturated heterocycles. The van der Waals surface area contributed by atoms with E-state index in [-0.39, 0.29) is 12.1 Å². The van der Waals surface area contributed by atoms with Gasteiger partial charge in [0.15, 0.2) is 6.10 Å². The van der Waals surface area contributed by atoms with Gasteiger partial charge in [0.25, 0.3) is 0 Å². The fourth-order valence-corrected chi connectivity index (χ4v) is 6.59. The van der Waals surface area contributed by atoms with E-state index in [4.69, 9.17) is 14.7 Å². The molecule has 0 bridgehead atoms. The Morgan fingerprint density at radius 3 is 1.85 bits per heavy atom. The molecule has 3 nitrogen and oxygen atoms in total. The molecule has 0 radical (unpaired) electrons. The molecule has 2 atom stereocenters. The lowest BCUT2D eigenvalue weighted by atomic mass is 9.77. The van der Waals surface area contributed by atoms with Gasteiger partial charge in [0, 0.05) is 11.6 Å². The number of pyridine rings is 1. The molecule has 3 aromatic rings. The molecular weight excluding hydrogens is 416 g/mol. The first kappa shape index (κ1) is 21.6. The highest BCUT2D eigenvalue weighted by Gasteiger charge is 2.37. The summed E-state index contributed by atoms with van der Waals surface area (Å²) in [5.41, 5.74) is 4.48. The number of nitrogens with zero attached hydrogens (tertiary/aromatic N) is 2. The number of aliphatic imine (C=N–C) groups is 1. The van der Waals surface area contributed by atoms with Crippen molar-refractivity contribution in [1.82, 2.24) is 4.98 Å². The molecule has 34 heavy (non-hydrogen) atoms. The van der Waals surface area contributed by atoms with E-state index in [1.54, 1.807) is 0 Å². The van der Waals surface area contributed by atoms with Gasteiger partial charge in [-0.1, -0.05) is 92.4 Å². The van der Waals surface area contributed by atoms with Gasteiger partial charge in [-0.25, -0.2) is 9.98 Å². The van der Waals surface area contributed by atoms with Crippen molar-refractivity contribution in [3.63, 3.8) is 0 Å². The van der Waals surface area contributed by atoms with Crippen molar-refractivity contribution in [2.24, 2.45) is 16.8 Å². The van der Waals surface area contributed by atoms with Crippen LogP contribution < -0.4 is 0 Å². The zero-order valence-corrected chi connectivity index (χ0v) is 19.9. The Labute approximate surface area is 203 Å². The molecule has 2 fully saturated rings. The highest BCUT2D eigenvalue weighted by Crippen LogP contribution is 2.47. The minimum Gasteiger partial charge on any atom is -0.465 e. The molecule has 1 aliphatic heterocycles. The van der Waals surface area contributed by atoms with Crippen LogP contribution in [0.2, 0.25) is 0 Å². The summed E-state index contributed by atoms with van der Waals surface area (Å²) in [6.07, 6.45) is 10.8. The quantitative estimate of drug-likeness (QED) is 0.384. The smallest absolute Gasteiger partial charge is 0.236 e. The van der Waals surface area contributed by atoms with Crippen molar-refractivity contribution in [2.75, 3.05) is 0 Å². The van der Waals surface area contributed by atoms with Gasteiger partial charge in [-0.3, -0.25) is 0 Å². The van der Waals surface area contributed by atoms with E-state index in [2.05, 4.69) is 78.9 Å². The molecule has 3 aliphatic rings. The van der Waals surface area contributed by atoms with Gasteiger partial charge in [0.1, 0.15) is 11.7 Å².